The first-order valence-corrected chi connectivity index (χ1v) is 6.91. The van der Waals surface area contributed by atoms with Crippen LogP contribution in [0.2, 0.25) is 0 Å². The molecule has 17 heavy (non-hydrogen) atoms. The highest BCUT2D eigenvalue weighted by Crippen LogP contribution is 2.13. The van der Waals surface area contributed by atoms with Crippen LogP contribution in [0.5, 0.6) is 0 Å². The minimum Gasteiger partial charge on any atom is -0.478 e. The van der Waals surface area contributed by atoms with Crippen molar-refractivity contribution < 1.29 is 23.4 Å². The molecule has 5 nitrogen and oxygen atoms in total. The molecule has 0 saturated carbocycles. The van der Waals surface area contributed by atoms with Crippen LogP contribution in [0.3, 0.4) is 0 Å². The number of carboxylic acid groups (broad SMARTS) is 1. The first kappa shape index (κ1) is 13.7. The van der Waals surface area contributed by atoms with Gasteiger partial charge in [-0.15, -0.1) is 0 Å². The molecule has 0 unspecified atom stereocenters. The van der Waals surface area contributed by atoms with Crippen LogP contribution in [0.25, 0.3) is 0 Å². The third kappa shape index (κ3) is 4.16. The minimum atomic E-state index is -3.38. The number of hydrogen-bond acceptors (Lipinski definition) is 4. The summed E-state index contributed by atoms with van der Waals surface area (Å²) in [5.41, 5.74) is 0.276. The fourth-order valence-corrected chi connectivity index (χ4v) is 2.89. The molecule has 0 heterocycles. The van der Waals surface area contributed by atoms with Gasteiger partial charge < -0.3 is 10.2 Å². The minimum absolute atomic E-state index is 0.0000680. The van der Waals surface area contributed by atoms with Crippen LogP contribution in [-0.4, -0.2) is 37.0 Å². The van der Waals surface area contributed by atoms with Gasteiger partial charge in [0.05, 0.1) is 17.1 Å². The number of rotatable bonds is 6. The summed E-state index contributed by atoms with van der Waals surface area (Å²) >= 11 is 0. The summed E-state index contributed by atoms with van der Waals surface area (Å²) in [4.78, 5) is 10.9. The zero-order valence-corrected chi connectivity index (χ0v) is 9.98. The first-order valence-electron chi connectivity index (χ1n) is 5.09. The van der Waals surface area contributed by atoms with E-state index in [9.17, 15) is 13.2 Å². The predicted octanol–water partition coefficient (Wildman–Crippen LogP) is 0.682. The Morgan fingerprint density at radius 2 is 1.88 bits per heavy atom. The van der Waals surface area contributed by atoms with Gasteiger partial charge in [-0.1, -0.05) is 18.2 Å². The topological polar surface area (TPSA) is 91.7 Å². The van der Waals surface area contributed by atoms with Crippen molar-refractivity contribution in [2.24, 2.45) is 0 Å². The van der Waals surface area contributed by atoms with Crippen molar-refractivity contribution in [1.29, 1.82) is 0 Å². The summed E-state index contributed by atoms with van der Waals surface area (Å²) in [6, 6.07) is 6.01. The maximum absolute atomic E-state index is 11.6. The van der Waals surface area contributed by atoms with E-state index in [-0.39, 0.29) is 35.7 Å². The molecule has 2 N–H and O–H groups in total. The molecule has 0 amide bonds. The van der Waals surface area contributed by atoms with Gasteiger partial charge in [-0.25, -0.2) is 13.2 Å². The number of aliphatic hydroxyl groups excluding tert-OH is 1. The fourth-order valence-electron chi connectivity index (χ4n) is 1.45. The van der Waals surface area contributed by atoms with E-state index >= 15 is 0 Å². The number of hydrogen-bond donors (Lipinski definition) is 2. The lowest BCUT2D eigenvalue weighted by atomic mass is 10.1. The lowest BCUT2D eigenvalue weighted by Crippen LogP contribution is -2.13. The van der Waals surface area contributed by atoms with Gasteiger partial charge in [0, 0.05) is 6.61 Å². The van der Waals surface area contributed by atoms with Gasteiger partial charge in [0.15, 0.2) is 9.84 Å². The summed E-state index contributed by atoms with van der Waals surface area (Å²) in [7, 11) is -3.38. The first-order chi connectivity index (χ1) is 7.96. The van der Waals surface area contributed by atoms with Gasteiger partial charge >= 0.3 is 5.97 Å². The van der Waals surface area contributed by atoms with E-state index in [0.29, 0.717) is 0 Å². The number of carbonyl (C=O) groups is 1. The molecular weight excluding hydrogens is 244 g/mol. The largest absolute Gasteiger partial charge is 0.478 e. The van der Waals surface area contributed by atoms with E-state index in [1.165, 1.54) is 12.1 Å². The molecule has 0 atom stereocenters. The monoisotopic (exact) mass is 258 g/mol. The molecule has 0 aliphatic rings. The number of sulfone groups is 1. The summed E-state index contributed by atoms with van der Waals surface area (Å²) in [6.45, 7) is -0.195. The SMILES string of the molecule is O=C(O)c1ccccc1CS(=O)(=O)CCCO. The van der Waals surface area contributed by atoms with E-state index in [0.717, 1.165) is 0 Å². The second kappa shape index (κ2) is 5.79. The standard InChI is InChI=1S/C11H14O5S/c12-6-3-7-17(15,16)8-9-4-1-2-5-10(9)11(13)14/h1-2,4-5,12H,3,6-8H2,(H,13,14). The number of aliphatic hydroxyl groups is 1. The van der Waals surface area contributed by atoms with Gasteiger partial charge in [0.1, 0.15) is 0 Å². The van der Waals surface area contributed by atoms with Crippen molar-refractivity contribution in [2.45, 2.75) is 12.2 Å². The predicted molar refractivity (Wildman–Crippen MR) is 62.6 cm³/mol. The van der Waals surface area contributed by atoms with Crippen molar-refractivity contribution in [3.63, 3.8) is 0 Å². The maximum Gasteiger partial charge on any atom is 0.335 e. The third-order valence-electron chi connectivity index (χ3n) is 2.24. The number of aromatic carboxylic acids is 1. The Balaban J connectivity index is 2.92. The summed E-state index contributed by atoms with van der Waals surface area (Å²) < 4.78 is 23.3. The van der Waals surface area contributed by atoms with Crippen LogP contribution in [0.4, 0.5) is 0 Å². The maximum atomic E-state index is 11.6. The Morgan fingerprint density at radius 1 is 1.24 bits per heavy atom. The Kier molecular flexibility index (Phi) is 4.65. The molecule has 0 spiro atoms. The fraction of sp³-hybridized carbons (Fsp3) is 0.364. The molecule has 1 aromatic rings. The molecule has 0 radical (unpaired) electrons. The van der Waals surface area contributed by atoms with E-state index in [1.54, 1.807) is 12.1 Å². The summed E-state index contributed by atoms with van der Waals surface area (Å²) in [5, 5.41) is 17.5. The molecule has 0 bridgehead atoms. The molecule has 0 saturated heterocycles. The van der Waals surface area contributed by atoms with E-state index in [1.807, 2.05) is 0 Å². The Labute approximate surface area is 99.6 Å². The van der Waals surface area contributed by atoms with Crippen LogP contribution in [-0.2, 0) is 15.6 Å². The molecule has 94 valence electrons. The number of carboxylic acids is 1. The van der Waals surface area contributed by atoms with Gasteiger partial charge in [0.2, 0.25) is 0 Å². The molecular formula is C11H14O5S. The smallest absolute Gasteiger partial charge is 0.335 e. The highest BCUT2D eigenvalue weighted by molar-refractivity contribution is 7.90. The Morgan fingerprint density at radius 3 is 2.47 bits per heavy atom. The van der Waals surface area contributed by atoms with Crippen molar-refractivity contribution in [1.82, 2.24) is 0 Å². The molecule has 0 fully saturated rings. The summed E-state index contributed by atoms with van der Waals surface area (Å²) in [5.74, 6) is -1.59. The van der Waals surface area contributed by atoms with Crippen LogP contribution in [0.1, 0.15) is 22.3 Å². The molecule has 0 aliphatic heterocycles. The Bertz CT molecular complexity index is 492. The normalized spacial score (nSPS) is 11.4. The molecule has 0 aromatic heterocycles. The average Bonchev–Trinajstić information content (AvgIpc) is 2.26. The van der Waals surface area contributed by atoms with Crippen LogP contribution in [0.15, 0.2) is 24.3 Å². The lowest BCUT2D eigenvalue weighted by molar-refractivity contribution is 0.0696. The lowest BCUT2D eigenvalue weighted by Gasteiger charge is -2.06. The van der Waals surface area contributed by atoms with E-state index in [4.69, 9.17) is 10.2 Å². The summed E-state index contributed by atoms with van der Waals surface area (Å²) in [6.07, 6.45) is 0.164. The highest BCUT2D eigenvalue weighted by Gasteiger charge is 2.16. The molecule has 6 heteroatoms. The van der Waals surface area contributed by atoms with Crippen LogP contribution >= 0.6 is 0 Å². The second-order valence-electron chi connectivity index (χ2n) is 3.63. The van der Waals surface area contributed by atoms with Crippen LogP contribution in [0, 0.1) is 0 Å². The zero-order valence-electron chi connectivity index (χ0n) is 9.17. The number of benzene rings is 1. The van der Waals surface area contributed by atoms with Gasteiger partial charge in [-0.2, -0.15) is 0 Å². The third-order valence-corrected chi connectivity index (χ3v) is 3.90. The second-order valence-corrected chi connectivity index (χ2v) is 5.82. The van der Waals surface area contributed by atoms with Gasteiger partial charge in [-0.3, -0.25) is 0 Å². The zero-order chi connectivity index (χ0) is 12.9. The average molecular weight is 258 g/mol. The van der Waals surface area contributed by atoms with Crippen molar-refractivity contribution in [2.75, 3.05) is 12.4 Å². The molecule has 0 aliphatic carbocycles. The molecule has 1 rings (SSSR count). The quantitative estimate of drug-likeness (QED) is 0.783. The van der Waals surface area contributed by atoms with Crippen molar-refractivity contribution >= 4 is 15.8 Å². The van der Waals surface area contributed by atoms with Gasteiger partial charge in [0.25, 0.3) is 0 Å². The van der Waals surface area contributed by atoms with E-state index < -0.39 is 15.8 Å². The van der Waals surface area contributed by atoms with Crippen molar-refractivity contribution in [3.8, 4) is 0 Å². The van der Waals surface area contributed by atoms with Gasteiger partial charge in [-0.05, 0) is 18.1 Å². The van der Waals surface area contributed by atoms with Crippen molar-refractivity contribution in [3.05, 3.63) is 35.4 Å². The van der Waals surface area contributed by atoms with E-state index in [2.05, 4.69) is 0 Å². The molecule has 1 aromatic carbocycles. The van der Waals surface area contributed by atoms with Crippen LogP contribution < -0.4 is 0 Å². The Hall–Kier alpha value is -1.40. The highest BCUT2D eigenvalue weighted by atomic mass is 32.2.